The third kappa shape index (κ3) is 4.97. The van der Waals surface area contributed by atoms with Crippen molar-refractivity contribution in [2.45, 2.75) is 46.0 Å². The van der Waals surface area contributed by atoms with Crippen molar-refractivity contribution < 1.29 is 4.79 Å². The third-order valence-corrected chi connectivity index (χ3v) is 3.29. The summed E-state index contributed by atoms with van der Waals surface area (Å²) in [5.41, 5.74) is 0.451. The van der Waals surface area contributed by atoms with Gasteiger partial charge in [-0.1, -0.05) is 13.8 Å². The Morgan fingerprint density at radius 1 is 1.38 bits per heavy atom. The van der Waals surface area contributed by atoms with E-state index in [0.717, 1.165) is 25.4 Å². The zero-order chi connectivity index (χ0) is 12.0. The number of carbonyl (C=O) groups excluding carboxylic acids is 1. The standard InChI is InChI=1S/C13H26N2O/c1-11(2)9-13(6-7-13)10-15-12(16)5-4-8-14-3/h11,14H,4-10H2,1-3H3,(H,15,16). The SMILES string of the molecule is CNCCCC(=O)NCC1(CC(C)C)CC1. The Bertz CT molecular complexity index is 222. The third-order valence-electron chi connectivity index (χ3n) is 3.29. The lowest BCUT2D eigenvalue weighted by molar-refractivity contribution is -0.121. The minimum Gasteiger partial charge on any atom is -0.356 e. The summed E-state index contributed by atoms with van der Waals surface area (Å²) in [6.07, 6.45) is 5.42. The van der Waals surface area contributed by atoms with Crippen molar-refractivity contribution in [3.63, 3.8) is 0 Å². The van der Waals surface area contributed by atoms with E-state index in [0.29, 0.717) is 11.8 Å². The van der Waals surface area contributed by atoms with E-state index in [1.807, 2.05) is 7.05 Å². The maximum atomic E-state index is 11.5. The predicted octanol–water partition coefficient (Wildman–Crippen LogP) is 1.93. The monoisotopic (exact) mass is 226 g/mol. The second-order valence-electron chi connectivity index (χ2n) is 5.58. The van der Waals surface area contributed by atoms with Crippen LogP contribution in [0.3, 0.4) is 0 Å². The van der Waals surface area contributed by atoms with E-state index >= 15 is 0 Å². The Kier molecular flexibility index (Phi) is 5.26. The molecule has 94 valence electrons. The molecule has 0 spiro atoms. The normalized spacial score (nSPS) is 17.5. The van der Waals surface area contributed by atoms with Crippen molar-refractivity contribution in [2.24, 2.45) is 11.3 Å². The van der Waals surface area contributed by atoms with Gasteiger partial charge in [-0.2, -0.15) is 0 Å². The molecule has 0 aromatic carbocycles. The molecule has 0 radical (unpaired) electrons. The molecule has 0 aromatic rings. The Morgan fingerprint density at radius 2 is 2.06 bits per heavy atom. The second-order valence-corrected chi connectivity index (χ2v) is 5.58. The lowest BCUT2D eigenvalue weighted by Crippen LogP contribution is -2.31. The van der Waals surface area contributed by atoms with Gasteiger partial charge in [0.2, 0.25) is 5.91 Å². The molecular formula is C13H26N2O. The van der Waals surface area contributed by atoms with Crippen molar-refractivity contribution in [1.82, 2.24) is 10.6 Å². The van der Waals surface area contributed by atoms with Crippen LogP contribution in [0, 0.1) is 11.3 Å². The highest BCUT2D eigenvalue weighted by Gasteiger charge is 2.42. The van der Waals surface area contributed by atoms with Gasteiger partial charge < -0.3 is 10.6 Å². The fraction of sp³-hybridized carbons (Fsp3) is 0.923. The highest BCUT2D eigenvalue weighted by Crippen LogP contribution is 2.49. The summed E-state index contributed by atoms with van der Waals surface area (Å²) in [6.45, 7) is 6.33. The summed E-state index contributed by atoms with van der Waals surface area (Å²) in [6, 6.07) is 0. The summed E-state index contributed by atoms with van der Waals surface area (Å²) < 4.78 is 0. The van der Waals surface area contributed by atoms with Gasteiger partial charge in [-0.25, -0.2) is 0 Å². The summed E-state index contributed by atoms with van der Waals surface area (Å²) in [5.74, 6) is 0.953. The van der Waals surface area contributed by atoms with Crippen molar-refractivity contribution in [2.75, 3.05) is 20.1 Å². The number of hydrogen-bond acceptors (Lipinski definition) is 2. The highest BCUT2D eigenvalue weighted by atomic mass is 16.1. The van der Waals surface area contributed by atoms with Crippen LogP contribution in [-0.4, -0.2) is 26.0 Å². The van der Waals surface area contributed by atoms with E-state index < -0.39 is 0 Å². The van der Waals surface area contributed by atoms with Gasteiger partial charge in [-0.3, -0.25) is 4.79 Å². The quantitative estimate of drug-likeness (QED) is 0.621. The van der Waals surface area contributed by atoms with Crippen LogP contribution in [-0.2, 0) is 4.79 Å². The van der Waals surface area contributed by atoms with Crippen molar-refractivity contribution >= 4 is 5.91 Å². The first-order chi connectivity index (χ1) is 7.58. The fourth-order valence-corrected chi connectivity index (χ4v) is 2.30. The van der Waals surface area contributed by atoms with Crippen molar-refractivity contribution in [1.29, 1.82) is 0 Å². The molecule has 1 aliphatic carbocycles. The zero-order valence-electron chi connectivity index (χ0n) is 10.9. The number of hydrogen-bond donors (Lipinski definition) is 2. The Labute approximate surface area is 99.4 Å². The molecule has 0 aromatic heterocycles. The van der Waals surface area contributed by atoms with Crippen LogP contribution in [0.5, 0.6) is 0 Å². The first kappa shape index (κ1) is 13.5. The molecule has 1 fully saturated rings. The van der Waals surface area contributed by atoms with E-state index in [-0.39, 0.29) is 5.91 Å². The Morgan fingerprint density at radius 3 is 2.56 bits per heavy atom. The molecule has 0 atom stereocenters. The van der Waals surface area contributed by atoms with E-state index in [9.17, 15) is 4.79 Å². The molecule has 0 aliphatic heterocycles. The Hall–Kier alpha value is -0.570. The average molecular weight is 226 g/mol. The highest BCUT2D eigenvalue weighted by molar-refractivity contribution is 5.75. The minimum absolute atomic E-state index is 0.213. The van der Waals surface area contributed by atoms with Crippen LogP contribution in [0.15, 0.2) is 0 Å². The number of amides is 1. The maximum Gasteiger partial charge on any atom is 0.220 e. The van der Waals surface area contributed by atoms with E-state index in [1.54, 1.807) is 0 Å². The molecule has 1 rings (SSSR count). The number of carbonyl (C=O) groups is 1. The van der Waals surface area contributed by atoms with Gasteiger partial charge in [-0.15, -0.1) is 0 Å². The molecular weight excluding hydrogens is 200 g/mol. The van der Waals surface area contributed by atoms with Gasteiger partial charge in [-0.05, 0) is 50.6 Å². The number of nitrogens with one attached hydrogen (secondary N) is 2. The average Bonchev–Trinajstić information content (AvgIpc) is 2.95. The lowest BCUT2D eigenvalue weighted by atomic mass is 9.94. The first-order valence-electron chi connectivity index (χ1n) is 6.49. The molecule has 1 saturated carbocycles. The van der Waals surface area contributed by atoms with Crippen molar-refractivity contribution in [3.8, 4) is 0 Å². The van der Waals surface area contributed by atoms with Gasteiger partial charge in [0.15, 0.2) is 0 Å². The number of rotatable bonds is 8. The van der Waals surface area contributed by atoms with Crippen LogP contribution in [0.2, 0.25) is 0 Å². The molecule has 3 heteroatoms. The summed E-state index contributed by atoms with van der Waals surface area (Å²) >= 11 is 0. The van der Waals surface area contributed by atoms with E-state index in [2.05, 4.69) is 24.5 Å². The van der Waals surface area contributed by atoms with Crippen LogP contribution < -0.4 is 10.6 Å². The van der Waals surface area contributed by atoms with Gasteiger partial charge in [0, 0.05) is 13.0 Å². The van der Waals surface area contributed by atoms with Crippen LogP contribution >= 0.6 is 0 Å². The molecule has 0 unspecified atom stereocenters. The van der Waals surface area contributed by atoms with Crippen molar-refractivity contribution in [3.05, 3.63) is 0 Å². The van der Waals surface area contributed by atoms with Crippen LogP contribution in [0.4, 0.5) is 0 Å². The largest absolute Gasteiger partial charge is 0.356 e. The summed E-state index contributed by atoms with van der Waals surface area (Å²) in [7, 11) is 1.92. The molecule has 16 heavy (non-hydrogen) atoms. The minimum atomic E-state index is 0.213. The zero-order valence-corrected chi connectivity index (χ0v) is 10.9. The van der Waals surface area contributed by atoms with Gasteiger partial charge in [0.05, 0.1) is 0 Å². The molecule has 2 N–H and O–H groups in total. The van der Waals surface area contributed by atoms with Gasteiger partial charge in [0.25, 0.3) is 0 Å². The summed E-state index contributed by atoms with van der Waals surface area (Å²) in [5, 5.41) is 6.14. The van der Waals surface area contributed by atoms with Crippen LogP contribution in [0.25, 0.3) is 0 Å². The molecule has 0 bridgehead atoms. The fourth-order valence-electron chi connectivity index (χ4n) is 2.30. The smallest absolute Gasteiger partial charge is 0.220 e. The van der Waals surface area contributed by atoms with Gasteiger partial charge >= 0.3 is 0 Å². The maximum absolute atomic E-state index is 11.5. The lowest BCUT2D eigenvalue weighted by Gasteiger charge is -2.18. The predicted molar refractivity (Wildman–Crippen MR) is 67.3 cm³/mol. The van der Waals surface area contributed by atoms with E-state index in [1.165, 1.54) is 19.3 Å². The summed E-state index contributed by atoms with van der Waals surface area (Å²) in [4.78, 5) is 11.5. The second kappa shape index (κ2) is 6.24. The van der Waals surface area contributed by atoms with Gasteiger partial charge in [0.1, 0.15) is 0 Å². The molecule has 1 amide bonds. The molecule has 0 saturated heterocycles. The van der Waals surface area contributed by atoms with Crippen LogP contribution in [0.1, 0.15) is 46.0 Å². The first-order valence-corrected chi connectivity index (χ1v) is 6.49. The Balaban J connectivity index is 2.11. The molecule has 1 aliphatic rings. The molecule has 3 nitrogen and oxygen atoms in total. The molecule has 0 heterocycles. The topological polar surface area (TPSA) is 41.1 Å². The van der Waals surface area contributed by atoms with E-state index in [4.69, 9.17) is 0 Å².